The first kappa shape index (κ1) is 20.0. The number of nitrogens with one attached hydrogen (secondary N) is 2. The molecular weight excluding hydrogens is 442 g/mol. The highest BCUT2D eigenvalue weighted by Crippen LogP contribution is 2.19. The highest BCUT2D eigenvalue weighted by Gasteiger charge is 2.16. The number of aromatic nitrogens is 1. The van der Waals surface area contributed by atoms with Crippen LogP contribution in [0.5, 0.6) is 0 Å². The molecule has 28 heavy (non-hydrogen) atoms. The molecule has 0 saturated heterocycles. The van der Waals surface area contributed by atoms with Crippen molar-refractivity contribution in [3.63, 3.8) is 0 Å². The summed E-state index contributed by atoms with van der Waals surface area (Å²) in [4.78, 5) is 16.7. The molecule has 0 fully saturated rings. The van der Waals surface area contributed by atoms with Gasteiger partial charge in [0.05, 0.1) is 17.1 Å². The van der Waals surface area contributed by atoms with Crippen LogP contribution in [0.15, 0.2) is 76.2 Å². The molecule has 0 bridgehead atoms. The van der Waals surface area contributed by atoms with E-state index < -0.39 is 10.0 Å². The summed E-state index contributed by atoms with van der Waals surface area (Å²) in [7, 11) is -3.81. The Morgan fingerprint density at radius 1 is 1.07 bits per heavy atom. The molecule has 0 saturated carbocycles. The molecule has 2 N–H and O–H groups in total. The molecule has 1 amide bonds. The van der Waals surface area contributed by atoms with Crippen molar-refractivity contribution in [3.05, 3.63) is 88.2 Å². The normalized spacial score (nSPS) is 11.1. The SMILES string of the molecule is Cc1cccnc1CNC(=O)c1cccc(S(=O)(=O)Nc2ccc(Br)cc2)c1. The number of amides is 1. The molecule has 3 aromatic rings. The van der Waals surface area contributed by atoms with E-state index in [4.69, 9.17) is 0 Å². The Kier molecular flexibility index (Phi) is 6.11. The number of rotatable bonds is 6. The average Bonchev–Trinajstić information content (AvgIpc) is 2.69. The number of carbonyl (C=O) groups excluding carboxylic acids is 1. The average molecular weight is 460 g/mol. The first-order valence-electron chi connectivity index (χ1n) is 8.42. The molecule has 0 spiro atoms. The second kappa shape index (κ2) is 8.53. The lowest BCUT2D eigenvalue weighted by atomic mass is 10.2. The van der Waals surface area contributed by atoms with Crippen molar-refractivity contribution < 1.29 is 13.2 Å². The van der Waals surface area contributed by atoms with E-state index in [-0.39, 0.29) is 22.9 Å². The zero-order valence-electron chi connectivity index (χ0n) is 15.0. The Balaban J connectivity index is 1.74. The number of aryl methyl sites for hydroxylation is 1. The fourth-order valence-electron chi connectivity index (χ4n) is 2.51. The molecule has 0 aliphatic carbocycles. The first-order chi connectivity index (χ1) is 13.3. The maximum atomic E-state index is 12.6. The summed E-state index contributed by atoms with van der Waals surface area (Å²) in [5.74, 6) is -0.370. The van der Waals surface area contributed by atoms with Crippen LogP contribution in [0.2, 0.25) is 0 Å². The summed E-state index contributed by atoms with van der Waals surface area (Å²) in [6.45, 7) is 2.18. The maximum Gasteiger partial charge on any atom is 0.261 e. The second-order valence-corrected chi connectivity index (χ2v) is 8.69. The van der Waals surface area contributed by atoms with E-state index in [1.54, 1.807) is 36.5 Å². The van der Waals surface area contributed by atoms with Gasteiger partial charge in [0.1, 0.15) is 0 Å². The molecule has 1 heterocycles. The van der Waals surface area contributed by atoms with Crippen molar-refractivity contribution in [1.82, 2.24) is 10.3 Å². The third-order valence-corrected chi connectivity index (χ3v) is 5.94. The van der Waals surface area contributed by atoms with E-state index in [0.29, 0.717) is 5.69 Å². The Morgan fingerprint density at radius 3 is 2.54 bits per heavy atom. The van der Waals surface area contributed by atoms with Gasteiger partial charge in [-0.25, -0.2) is 8.42 Å². The lowest BCUT2D eigenvalue weighted by Gasteiger charge is -2.10. The van der Waals surface area contributed by atoms with Crippen LogP contribution in [0, 0.1) is 6.92 Å². The summed E-state index contributed by atoms with van der Waals surface area (Å²) in [5, 5.41) is 2.77. The molecule has 0 aliphatic rings. The molecular formula is C20H18BrN3O3S. The van der Waals surface area contributed by atoms with Crippen molar-refractivity contribution in [2.24, 2.45) is 0 Å². The van der Waals surface area contributed by atoms with Gasteiger partial charge in [0.2, 0.25) is 0 Å². The zero-order valence-corrected chi connectivity index (χ0v) is 17.4. The second-order valence-electron chi connectivity index (χ2n) is 6.09. The predicted octanol–water partition coefficient (Wildman–Crippen LogP) is 3.88. The number of nitrogens with zero attached hydrogens (tertiary/aromatic N) is 1. The van der Waals surface area contributed by atoms with Crippen molar-refractivity contribution >= 4 is 37.5 Å². The van der Waals surface area contributed by atoms with Crippen LogP contribution in [0.3, 0.4) is 0 Å². The number of halogens is 1. The lowest BCUT2D eigenvalue weighted by Crippen LogP contribution is -2.24. The maximum absolute atomic E-state index is 12.6. The van der Waals surface area contributed by atoms with Gasteiger partial charge < -0.3 is 5.32 Å². The first-order valence-corrected chi connectivity index (χ1v) is 10.7. The minimum absolute atomic E-state index is 0.0112. The monoisotopic (exact) mass is 459 g/mol. The van der Waals surface area contributed by atoms with Crippen LogP contribution >= 0.6 is 15.9 Å². The zero-order chi connectivity index (χ0) is 20.1. The van der Waals surface area contributed by atoms with E-state index in [1.165, 1.54) is 18.2 Å². The van der Waals surface area contributed by atoms with Crippen LogP contribution < -0.4 is 10.0 Å². The minimum atomic E-state index is -3.81. The molecule has 6 nitrogen and oxygen atoms in total. The number of pyridine rings is 1. The summed E-state index contributed by atoms with van der Waals surface area (Å²) in [5.41, 5.74) is 2.42. The van der Waals surface area contributed by atoms with Crippen molar-refractivity contribution in [3.8, 4) is 0 Å². The number of hydrogen-bond acceptors (Lipinski definition) is 4. The molecule has 0 radical (unpaired) electrons. The summed E-state index contributed by atoms with van der Waals surface area (Å²) < 4.78 is 28.6. The number of anilines is 1. The van der Waals surface area contributed by atoms with Crippen LogP contribution in [-0.2, 0) is 16.6 Å². The van der Waals surface area contributed by atoms with Gasteiger partial charge in [-0.05, 0) is 61.0 Å². The molecule has 144 valence electrons. The Labute approximate surface area is 172 Å². The fourth-order valence-corrected chi connectivity index (χ4v) is 3.87. The number of carbonyl (C=O) groups is 1. The van der Waals surface area contributed by atoms with E-state index in [2.05, 4.69) is 31.0 Å². The van der Waals surface area contributed by atoms with Crippen LogP contribution in [-0.4, -0.2) is 19.3 Å². The van der Waals surface area contributed by atoms with Gasteiger partial charge in [0.25, 0.3) is 15.9 Å². The Bertz CT molecular complexity index is 1100. The molecule has 1 aromatic heterocycles. The fraction of sp³-hybridized carbons (Fsp3) is 0.100. The summed E-state index contributed by atoms with van der Waals surface area (Å²) in [6.07, 6.45) is 1.66. The van der Waals surface area contributed by atoms with Crippen molar-refractivity contribution in [2.45, 2.75) is 18.4 Å². The molecule has 0 atom stereocenters. The van der Waals surface area contributed by atoms with Crippen molar-refractivity contribution in [2.75, 3.05) is 4.72 Å². The van der Waals surface area contributed by atoms with E-state index in [0.717, 1.165) is 15.7 Å². The van der Waals surface area contributed by atoms with Crippen LogP contribution in [0.25, 0.3) is 0 Å². The summed E-state index contributed by atoms with van der Waals surface area (Å²) >= 11 is 3.31. The predicted molar refractivity (Wildman–Crippen MR) is 112 cm³/mol. The van der Waals surface area contributed by atoms with Gasteiger partial charge in [-0.15, -0.1) is 0 Å². The van der Waals surface area contributed by atoms with Crippen LogP contribution in [0.1, 0.15) is 21.6 Å². The van der Waals surface area contributed by atoms with Gasteiger partial charge in [0.15, 0.2) is 0 Å². The molecule has 8 heteroatoms. The topological polar surface area (TPSA) is 88.2 Å². The van der Waals surface area contributed by atoms with Crippen LogP contribution in [0.4, 0.5) is 5.69 Å². The van der Waals surface area contributed by atoms with Crippen molar-refractivity contribution in [1.29, 1.82) is 0 Å². The minimum Gasteiger partial charge on any atom is -0.346 e. The highest BCUT2D eigenvalue weighted by molar-refractivity contribution is 9.10. The van der Waals surface area contributed by atoms with E-state index in [1.807, 2.05) is 19.1 Å². The molecule has 3 rings (SSSR count). The number of sulfonamides is 1. The number of benzene rings is 2. The molecule has 2 aromatic carbocycles. The Morgan fingerprint density at radius 2 is 1.82 bits per heavy atom. The van der Waals surface area contributed by atoms with Gasteiger partial charge in [0, 0.05) is 21.9 Å². The molecule has 0 unspecified atom stereocenters. The van der Waals surface area contributed by atoms with Gasteiger partial charge in [-0.3, -0.25) is 14.5 Å². The quantitative estimate of drug-likeness (QED) is 0.585. The van der Waals surface area contributed by atoms with Gasteiger partial charge in [-0.1, -0.05) is 28.1 Å². The van der Waals surface area contributed by atoms with E-state index >= 15 is 0 Å². The smallest absolute Gasteiger partial charge is 0.261 e. The summed E-state index contributed by atoms with van der Waals surface area (Å²) in [6, 6.07) is 16.4. The van der Waals surface area contributed by atoms with E-state index in [9.17, 15) is 13.2 Å². The third kappa shape index (κ3) is 4.96. The van der Waals surface area contributed by atoms with Gasteiger partial charge >= 0.3 is 0 Å². The largest absolute Gasteiger partial charge is 0.346 e. The number of hydrogen-bond donors (Lipinski definition) is 2. The molecule has 0 aliphatic heterocycles. The highest BCUT2D eigenvalue weighted by atomic mass is 79.9. The standard InChI is InChI=1S/C20H18BrN3O3S/c1-14-4-3-11-22-19(14)13-23-20(25)15-5-2-6-18(12-15)28(26,27)24-17-9-7-16(21)8-10-17/h2-12,24H,13H2,1H3,(H,23,25). The van der Waals surface area contributed by atoms with Gasteiger partial charge in [-0.2, -0.15) is 0 Å². The lowest BCUT2D eigenvalue weighted by molar-refractivity contribution is 0.0950. The third-order valence-electron chi connectivity index (χ3n) is 4.04. The Hall–Kier alpha value is -2.71.